The second-order valence-electron chi connectivity index (χ2n) is 5.38. The van der Waals surface area contributed by atoms with E-state index >= 15 is 0 Å². The van der Waals surface area contributed by atoms with Gasteiger partial charge in [-0.05, 0) is 24.3 Å². The first kappa shape index (κ1) is 16.7. The Hall–Kier alpha value is -3.19. The molecule has 25 heavy (non-hydrogen) atoms. The molecule has 2 aromatic carbocycles. The number of ketones is 1. The van der Waals surface area contributed by atoms with Gasteiger partial charge in [0.05, 0.1) is 18.4 Å². The molecule has 7 heteroatoms. The Balaban J connectivity index is 1.94. The van der Waals surface area contributed by atoms with Crippen LogP contribution in [0.1, 0.15) is 20.7 Å². The molecular weight excluding hydrogens is 324 g/mol. The Kier molecular flexibility index (Phi) is 4.24. The van der Waals surface area contributed by atoms with Crippen LogP contribution in [-0.2, 0) is 14.3 Å². The van der Waals surface area contributed by atoms with Crippen molar-refractivity contribution in [2.75, 3.05) is 24.9 Å². The van der Waals surface area contributed by atoms with Crippen LogP contribution in [0, 0.1) is 0 Å². The molecule has 3 rings (SSSR count). The van der Waals surface area contributed by atoms with Crippen molar-refractivity contribution in [3.8, 4) is 0 Å². The molecule has 0 radical (unpaired) electrons. The number of para-hydroxylation sites is 2. The predicted octanol–water partition coefficient (Wildman–Crippen LogP) is 2.06. The number of carbonyl (C=O) groups is 3. The van der Waals surface area contributed by atoms with Crippen LogP contribution in [0.25, 0.3) is 0 Å². The van der Waals surface area contributed by atoms with Crippen LogP contribution in [0.5, 0.6) is 0 Å². The van der Waals surface area contributed by atoms with Crippen LogP contribution in [-0.4, -0.2) is 37.6 Å². The number of ether oxygens (including phenoxy) is 2. The number of amides is 1. The van der Waals surface area contributed by atoms with Gasteiger partial charge in [0.25, 0.3) is 11.6 Å². The molecule has 0 saturated carbocycles. The van der Waals surface area contributed by atoms with Crippen molar-refractivity contribution in [1.29, 1.82) is 0 Å². The molecule has 1 aliphatic heterocycles. The van der Waals surface area contributed by atoms with E-state index in [4.69, 9.17) is 9.47 Å². The van der Waals surface area contributed by atoms with Crippen LogP contribution in [0.15, 0.2) is 48.5 Å². The van der Waals surface area contributed by atoms with Gasteiger partial charge in [0.15, 0.2) is 0 Å². The van der Waals surface area contributed by atoms with E-state index in [-0.39, 0.29) is 11.3 Å². The Morgan fingerprint density at radius 1 is 1.04 bits per heavy atom. The fourth-order valence-corrected chi connectivity index (χ4v) is 2.71. The van der Waals surface area contributed by atoms with E-state index < -0.39 is 23.4 Å². The number of fused-ring (bicyclic) bond motifs is 1. The van der Waals surface area contributed by atoms with E-state index in [0.717, 1.165) is 0 Å². The topological polar surface area (TPSA) is 93.7 Å². The van der Waals surface area contributed by atoms with Crippen molar-refractivity contribution in [2.24, 2.45) is 0 Å². The van der Waals surface area contributed by atoms with Gasteiger partial charge in [-0.25, -0.2) is 4.79 Å². The number of hydrogen-bond acceptors (Lipinski definition) is 6. The summed E-state index contributed by atoms with van der Waals surface area (Å²) in [4.78, 5) is 37.4. The lowest BCUT2D eigenvalue weighted by Crippen LogP contribution is -2.54. The van der Waals surface area contributed by atoms with Gasteiger partial charge in [0.1, 0.15) is 0 Å². The Morgan fingerprint density at radius 2 is 1.72 bits per heavy atom. The zero-order valence-corrected chi connectivity index (χ0v) is 13.7. The zero-order valence-electron chi connectivity index (χ0n) is 13.7. The fourth-order valence-electron chi connectivity index (χ4n) is 2.71. The van der Waals surface area contributed by atoms with E-state index in [1.165, 1.54) is 20.3 Å². The Labute approximate surface area is 143 Å². The number of nitrogens with one attached hydrogen (secondary N) is 2. The maximum atomic E-state index is 12.8. The quantitative estimate of drug-likeness (QED) is 0.654. The third kappa shape index (κ3) is 2.64. The van der Waals surface area contributed by atoms with E-state index in [0.29, 0.717) is 11.3 Å². The molecule has 1 unspecified atom stereocenters. The minimum atomic E-state index is -1.90. The molecule has 1 atom stereocenters. The van der Waals surface area contributed by atoms with Gasteiger partial charge in [0.2, 0.25) is 5.78 Å². The Morgan fingerprint density at radius 3 is 2.40 bits per heavy atom. The standard InChI is InChI=1S/C18H16N2O5/c1-24-16(22)12-8-4-5-9-13(12)19-17(23)18(25-2)15(21)11-7-3-6-10-14(11)20-18/h3-10,20H,1-2H3,(H,19,23). The summed E-state index contributed by atoms with van der Waals surface area (Å²) >= 11 is 0. The van der Waals surface area contributed by atoms with Gasteiger partial charge < -0.3 is 20.1 Å². The normalized spacial score (nSPS) is 18.2. The molecule has 2 aromatic rings. The number of Topliss-reactive ketones (excluding diaryl/α,β-unsaturated/α-hetero) is 1. The molecule has 2 N–H and O–H groups in total. The molecule has 0 fully saturated rings. The summed E-state index contributed by atoms with van der Waals surface area (Å²) in [6.45, 7) is 0. The minimum absolute atomic E-state index is 0.174. The SMILES string of the molecule is COC(=O)c1ccccc1NC(=O)C1(OC)Nc2ccccc2C1=O. The van der Waals surface area contributed by atoms with Crippen LogP contribution >= 0.6 is 0 Å². The van der Waals surface area contributed by atoms with E-state index in [2.05, 4.69) is 10.6 Å². The largest absolute Gasteiger partial charge is 0.465 e. The maximum Gasteiger partial charge on any atom is 0.339 e. The molecule has 1 heterocycles. The molecule has 0 spiro atoms. The smallest absolute Gasteiger partial charge is 0.339 e. The van der Waals surface area contributed by atoms with Crippen molar-refractivity contribution in [3.05, 3.63) is 59.7 Å². The van der Waals surface area contributed by atoms with Crippen molar-refractivity contribution in [1.82, 2.24) is 0 Å². The summed E-state index contributed by atoms with van der Waals surface area (Å²) in [5.41, 5.74) is -0.632. The summed E-state index contributed by atoms with van der Waals surface area (Å²) in [7, 11) is 2.51. The van der Waals surface area contributed by atoms with Crippen LogP contribution in [0.3, 0.4) is 0 Å². The lowest BCUT2D eigenvalue weighted by molar-refractivity contribution is -0.129. The van der Waals surface area contributed by atoms with Crippen LogP contribution in [0.4, 0.5) is 11.4 Å². The first-order valence-electron chi connectivity index (χ1n) is 7.49. The molecule has 0 aromatic heterocycles. The molecule has 0 aliphatic carbocycles. The highest BCUT2D eigenvalue weighted by atomic mass is 16.5. The average molecular weight is 340 g/mol. The first-order valence-corrected chi connectivity index (χ1v) is 7.49. The highest BCUT2D eigenvalue weighted by Crippen LogP contribution is 2.34. The monoisotopic (exact) mass is 340 g/mol. The lowest BCUT2D eigenvalue weighted by Gasteiger charge is -2.25. The minimum Gasteiger partial charge on any atom is -0.465 e. The van der Waals surface area contributed by atoms with Crippen molar-refractivity contribution >= 4 is 29.0 Å². The maximum absolute atomic E-state index is 12.8. The molecular formula is C18H16N2O5. The van der Waals surface area contributed by atoms with Gasteiger partial charge in [-0.2, -0.15) is 0 Å². The van der Waals surface area contributed by atoms with Crippen LogP contribution < -0.4 is 10.6 Å². The Bertz CT molecular complexity index is 864. The van der Waals surface area contributed by atoms with Crippen molar-refractivity contribution in [2.45, 2.75) is 5.72 Å². The number of benzene rings is 2. The molecule has 0 saturated heterocycles. The summed E-state index contributed by atoms with van der Waals surface area (Å²) in [5, 5.41) is 5.41. The van der Waals surface area contributed by atoms with Crippen molar-refractivity contribution < 1.29 is 23.9 Å². The average Bonchev–Trinajstić information content (AvgIpc) is 2.95. The summed E-state index contributed by atoms with van der Waals surface area (Å²) in [6, 6.07) is 13.1. The number of carbonyl (C=O) groups excluding carboxylic acids is 3. The lowest BCUT2D eigenvalue weighted by atomic mass is 10.0. The fraction of sp³-hybridized carbons (Fsp3) is 0.167. The molecule has 128 valence electrons. The summed E-state index contributed by atoms with van der Waals surface area (Å²) in [6.07, 6.45) is 0. The summed E-state index contributed by atoms with van der Waals surface area (Å²) < 4.78 is 9.97. The van der Waals surface area contributed by atoms with Gasteiger partial charge >= 0.3 is 5.97 Å². The van der Waals surface area contributed by atoms with E-state index in [1.807, 2.05) is 0 Å². The number of methoxy groups -OCH3 is 2. The van der Waals surface area contributed by atoms with Gasteiger partial charge in [-0.3, -0.25) is 9.59 Å². The number of hydrogen-bond donors (Lipinski definition) is 2. The zero-order chi connectivity index (χ0) is 18.0. The van der Waals surface area contributed by atoms with Gasteiger partial charge in [0, 0.05) is 18.4 Å². The number of rotatable bonds is 4. The van der Waals surface area contributed by atoms with Crippen LogP contribution in [0.2, 0.25) is 0 Å². The highest BCUT2D eigenvalue weighted by molar-refractivity contribution is 6.27. The molecule has 1 amide bonds. The van der Waals surface area contributed by atoms with Gasteiger partial charge in [-0.1, -0.05) is 24.3 Å². The number of esters is 1. The second kappa shape index (κ2) is 6.37. The summed E-state index contributed by atoms with van der Waals surface area (Å²) in [5.74, 6) is -1.83. The van der Waals surface area contributed by atoms with E-state index in [9.17, 15) is 14.4 Å². The van der Waals surface area contributed by atoms with Gasteiger partial charge in [-0.15, -0.1) is 0 Å². The molecule has 0 bridgehead atoms. The number of anilines is 2. The molecule has 7 nitrogen and oxygen atoms in total. The van der Waals surface area contributed by atoms with E-state index in [1.54, 1.807) is 42.5 Å². The second-order valence-corrected chi connectivity index (χ2v) is 5.38. The third-order valence-corrected chi connectivity index (χ3v) is 4.01. The third-order valence-electron chi connectivity index (χ3n) is 4.01. The molecule has 1 aliphatic rings. The predicted molar refractivity (Wildman–Crippen MR) is 90.5 cm³/mol. The highest BCUT2D eigenvalue weighted by Gasteiger charge is 2.52. The van der Waals surface area contributed by atoms with Crippen molar-refractivity contribution in [3.63, 3.8) is 0 Å². The first-order chi connectivity index (χ1) is 12.0.